The molecule has 3 aromatic rings. The summed E-state index contributed by atoms with van der Waals surface area (Å²) in [5.74, 6) is 13.3. The van der Waals surface area contributed by atoms with Gasteiger partial charge in [-0.3, -0.25) is 34.0 Å². The highest BCUT2D eigenvalue weighted by atomic mass is 127. The van der Waals surface area contributed by atoms with Gasteiger partial charge in [0.1, 0.15) is 0 Å². The van der Waals surface area contributed by atoms with Crippen LogP contribution in [0.25, 0.3) is 16.7 Å². The van der Waals surface area contributed by atoms with E-state index >= 15 is 0 Å². The molecule has 21 nitrogen and oxygen atoms in total. The molecule has 1 fully saturated rings. The number of sulfone groups is 3. The van der Waals surface area contributed by atoms with E-state index in [9.17, 15) is 48.1 Å². The Hall–Kier alpha value is -5.49. The maximum Gasteiger partial charge on any atom is 0.326 e. The van der Waals surface area contributed by atoms with E-state index in [2.05, 4.69) is 161 Å². The number of aliphatic hydroxyl groups excluding tert-OH is 2. The molecule has 0 bridgehead atoms. The van der Waals surface area contributed by atoms with Crippen LogP contribution in [0.2, 0.25) is 0 Å². The fourth-order valence-corrected chi connectivity index (χ4v) is 14.1. The van der Waals surface area contributed by atoms with Gasteiger partial charge in [-0.1, -0.05) is 78.3 Å². The van der Waals surface area contributed by atoms with Crippen molar-refractivity contribution >= 4 is 106 Å². The molecule has 3 unspecified atom stereocenters. The third kappa shape index (κ3) is 32.9. The van der Waals surface area contributed by atoms with Crippen LogP contribution in [0, 0.1) is 39.6 Å². The SMILES string of the molecule is C#CCCCCO.COC(=O)C(C)(CCN1CC=C(c2ccc(C#CCCCCN3CCOCC3)cc2)CC1)S(C)(=O)=O.COC(=O)C(C)(CCN1CC=C(c2ccc(C#CCCCCO)cc2)CC1)S(C)(=O)=O.COC(=O)C(C)(CCN1CC=C(c2ccc(I)cc2)CC1)S(C)(=O)=O.CS(=O)(=O)Cl. The molecular weight excluding hydrogens is 1540 g/mol. The number of benzene rings is 3. The van der Waals surface area contributed by atoms with Crippen LogP contribution in [-0.2, 0) is 71.9 Å². The molecule has 7 rings (SSSR count). The van der Waals surface area contributed by atoms with Crippen LogP contribution >= 0.6 is 33.3 Å². The predicted octanol–water partition coefficient (Wildman–Crippen LogP) is 9.37. The van der Waals surface area contributed by atoms with Gasteiger partial charge in [0, 0.05) is 149 Å². The topological polar surface area (TPSA) is 278 Å². The lowest BCUT2D eigenvalue weighted by atomic mass is 9.98. The summed E-state index contributed by atoms with van der Waals surface area (Å²) in [7, 11) is -5.74. The second kappa shape index (κ2) is 46.7. The van der Waals surface area contributed by atoms with Crippen LogP contribution in [0.15, 0.2) is 91.0 Å². The molecule has 0 saturated carbocycles. The van der Waals surface area contributed by atoms with Gasteiger partial charge < -0.3 is 29.2 Å². The number of terminal acetylenes is 1. The summed E-state index contributed by atoms with van der Waals surface area (Å²) in [5, 5.41) is 17.0. The highest BCUT2D eigenvalue weighted by Gasteiger charge is 2.47. The number of unbranched alkanes of at least 4 members (excludes halogenated alkanes) is 6. The normalized spacial score (nSPS) is 17.0. The second-order valence-electron chi connectivity index (χ2n) is 26.5. The number of carbonyl (C=O) groups excluding carboxylic acids is 3. The average Bonchev–Trinajstić information content (AvgIpc) is 0.802. The molecule has 3 atom stereocenters. The molecule has 578 valence electrons. The quantitative estimate of drug-likeness (QED) is 0.0171. The van der Waals surface area contributed by atoms with Gasteiger partial charge in [-0.2, -0.15) is 0 Å². The van der Waals surface area contributed by atoms with Gasteiger partial charge in [0.05, 0.1) is 40.8 Å². The van der Waals surface area contributed by atoms with Crippen molar-refractivity contribution < 1.29 is 77.2 Å². The molecule has 1 saturated heterocycles. The first kappa shape index (κ1) is 92.7. The van der Waals surface area contributed by atoms with Crippen molar-refractivity contribution in [3.63, 3.8) is 0 Å². The Kier molecular flexibility index (Phi) is 41.6. The van der Waals surface area contributed by atoms with E-state index in [0.717, 1.165) is 172 Å². The molecule has 104 heavy (non-hydrogen) atoms. The number of halogens is 2. The molecule has 2 N–H and O–H groups in total. The largest absolute Gasteiger partial charge is 0.468 e. The standard InChI is InChI=1S/C28H40N2O5S.C24H33NO5S.C18H24INO4S.C6H10O.CH3ClO2S/c1-28(27(31)34-2,36(3,32)33)15-19-30-17-13-26(14-18-30)25-11-9-24(10-12-25)8-6-4-5-7-16-29-20-22-35-23-21-29;1-24(23(27)30-2,31(3,28)29)15-18-25-16-13-22(14-17-25)21-11-9-20(10-12-21)8-6-4-5-7-19-26;1-18(17(21)24-2,25(3,22)23)10-13-20-11-8-15(9-12-20)14-4-6-16(19)7-5-14;1-2-3-4-5-6-7;1-5(2,3)4/h9-13H,4-5,7,14-23H2,1-3H3;9-13,26H,4-5,7,14-19H2,1-3H3;4-8H,9-13H2,1-3H3;1,7H,3-6H2;1H3. The summed E-state index contributed by atoms with van der Waals surface area (Å²) in [6.45, 7) is 16.0. The van der Waals surface area contributed by atoms with E-state index in [4.69, 9.17) is 35.6 Å². The van der Waals surface area contributed by atoms with Crippen LogP contribution in [-0.4, -0.2) is 247 Å². The number of rotatable bonds is 28. The third-order valence-corrected chi connectivity index (χ3v) is 25.4. The van der Waals surface area contributed by atoms with Gasteiger partial charge in [0.25, 0.3) is 0 Å². The van der Waals surface area contributed by atoms with Crippen molar-refractivity contribution in [3.8, 4) is 36.0 Å². The summed E-state index contributed by atoms with van der Waals surface area (Å²) in [4.78, 5) is 45.2. The molecule has 4 heterocycles. The maximum absolute atomic E-state index is 12.2. The fraction of sp³-hybridized carbons (Fsp3) is 0.571. The Labute approximate surface area is 639 Å². The Bertz CT molecular complexity index is 3940. The summed E-state index contributed by atoms with van der Waals surface area (Å²) in [6, 6.07) is 25.1. The Morgan fingerprint density at radius 3 is 1.08 bits per heavy atom. The molecule has 27 heteroatoms. The molecule has 3 aromatic carbocycles. The summed E-state index contributed by atoms with van der Waals surface area (Å²) in [5.41, 5.74) is 9.47. The summed E-state index contributed by atoms with van der Waals surface area (Å²) >= 11 is 2.29. The Balaban J connectivity index is 0.000000379. The molecule has 4 aliphatic rings. The van der Waals surface area contributed by atoms with E-state index in [0.29, 0.717) is 26.2 Å². The lowest BCUT2D eigenvalue weighted by Gasteiger charge is -2.31. The lowest BCUT2D eigenvalue weighted by molar-refractivity contribution is -0.144. The fourth-order valence-electron chi connectivity index (χ4n) is 11.2. The van der Waals surface area contributed by atoms with E-state index in [1.807, 2.05) is 12.1 Å². The third-order valence-electron chi connectivity index (χ3n) is 18.7. The van der Waals surface area contributed by atoms with Crippen molar-refractivity contribution in [2.24, 2.45) is 0 Å². The molecule has 0 aromatic heterocycles. The van der Waals surface area contributed by atoms with Gasteiger partial charge in [-0.25, -0.2) is 33.7 Å². The number of hydrogen-bond acceptors (Lipinski definition) is 21. The van der Waals surface area contributed by atoms with E-state index < -0.39 is 70.7 Å². The molecule has 4 aliphatic heterocycles. The molecule has 0 radical (unpaired) electrons. The smallest absolute Gasteiger partial charge is 0.326 e. The Morgan fingerprint density at radius 1 is 0.490 bits per heavy atom. The minimum Gasteiger partial charge on any atom is -0.468 e. The van der Waals surface area contributed by atoms with Crippen LogP contribution < -0.4 is 0 Å². The summed E-state index contributed by atoms with van der Waals surface area (Å²) < 4.78 is 108. The minimum absolute atomic E-state index is 0.202. The van der Waals surface area contributed by atoms with Gasteiger partial charge in [0.15, 0.2) is 43.8 Å². The number of nitrogens with zero attached hydrogens (tertiary/aromatic N) is 4. The van der Waals surface area contributed by atoms with Crippen LogP contribution in [0.1, 0.15) is 145 Å². The van der Waals surface area contributed by atoms with E-state index in [-0.39, 0.29) is 32.5 Å². The van der Waals surface area contributed by atoms with Crippen molar-refractivity contribution in [1.82, 2.24) is 19.6 Å². The highest BCUT2D eigenvalue weighted by Crippen LogP contribution is 2.31. The molecule has 0 amide bonds. The maximum atomic E-state index is 12.2. The number of aliphatic hydroxyl groups is 2. The van der Waals surface area contributed by atoms with Crippen molar-refractivity contribution in [2.75, 3.05) is 151 Å². The number of esters is 3. The van der Waals surface area contributed by atoms with Gasteiger partial charge in [-0.15, -0.1) is 12.3 Å². The zero-order chi connectivity index (χ0) is 77.6. The monoisotopic (exact) mass is 1650 g/mol. The van der Waals surface area contributed by atoms with Crippen LogP contribution in [0.5, 0.6) is 0 Å². The van der Waals surface area contributed by atoms with Gasteiger partial charge >= 0.3 is 17.9 Å². The molecule has 0 spiro atoms. The van der Waals surface area contributed by atoms with Gasteiger partial charge in [-0.05, 0) is 197 Å². The Morgan fingerprint density at radius 2 is 0.798 bits per heavy atom. The van der Waals surface area contributed by atoms with Crippen molar-refractivity contribution in [1.29, 1.82) is 0 Å². The number of carbonyl (C=O) groups is 3. The number of morpholine rings is 1. The first-order valence-corrected chi connectivity index (χ1v) is 44.4. The van der Waals surface area contributed by atoms with E-state index in [1.165, 1.54) is 85.5 Å². The average molecular weight is 1650 g/mol. The van der Waals surface area contributed by atoms with Crippen LogP contribution in [0.3, 0.4) is 0 Å². The van der Waals surface area contributed by atoms with E-state index in [1.54, 1.807) is 0 Å². The molecule has 0 aliphatic carbocycles. The highest BCUT2D eigenvalue weighted by molar-refractivity contribution is 14.1. The molecular formula is C77H110ClIN4O17S4. The van der Waals surface area contributed by atoms with Crippen LogP contribution in [0.4, 0.5) is 0 Å². The van der Waals surface area contributed by atoms with Crippen molar-refractivity contribution in [2.45, 2.75) is 131 Å². The van der Waals surface area contributed by atoms with Crippen molar-refractivity contribution in [3.05, 3.63) is 122 Å². The zero-order valence-electron chi connectivity index (χ0n) is 62.4. The predicted molar refractivity (Wildman–Crippen MR) is 425 cm³/mol. The summed E-state index contributed by atoms with van der Waals surface area (Å²) in [6.07, 6.45) is 27.2. The first-order chi connectivity index (χ1) is 49.0. The second-order valence-corrected chi connectivity index (χ2v) is 38.1. The zero-order valence-corrected chi connectivity index (χ0v) is 68.5. The number of hydrogen-bond donors (Lipinski definition) is 2. The first-order valence-electron chi connectivity index (χ1n) is 34.9. The number of methoxy groups -OCH3 is 3. The van der Waals surface area contributed by atoms with Gasteiger partial charge in [0.2, 0.25) is 9.05 Å². The number of ether oxygens (including phenoxy) is 4. The lowest BCUT2D eigenvalue weighted by Crippen LogP contribution is -2.46. The minimum atomic E-state index is -3.58.